The molecule has 0 atom stereocenters. The van der Waals surface area contributed by atoms with Crippen LogP contribution in [0.1, 0.15) is 109 Å². The summed E-state index contributed by atoms with van der Waals surface area (Å²) in [6.07, 6.45) is 13.2. The number of anilines is 3. The second kappa shape index (κ2) is 17.4. The van der Waals surface area contributed by atoms with Gasteiger partial charge in [0.1, 0.15) is 0 Å². The van der Waals surface area contributed by atoms with E-state index in [0.717, 1.165) is 17.1 Å². The van der Waals surface area contributed by atoms with Gasteiger partial charge in [-0.15, -0.1) is 0 Å². The monoisotopic (exact) mass is 851 g/mol. The van der Waals surface area contributed by atoms with Gasteiger partial charge in [-0.25, -0.2) is 0 Å². The molecule has 0 saturated heterocycles. The van der Waals surface area contributed by atoms with Crippen molar-refractivity contribution in [1.29, 1.82) is 0 Å². The molecule has 1 heteroatoms. The van der Waals surface area contributed by atoms with Gasteiger partial charge in [-0.3, -0.25) is 0 Å². The third-order valence-corrected chi connectivity index (χ3v) is 15.6. The van der Waals surface area contributed by atoms with E-state index in [2.05, 4.69) is 217 Å². The Morgan fingerprint density at radius 3 is 1.62 bits per heavy atom. The molecular weight excluding hydrogens is 795 g/mol. The predicted octanol–water partition coefficient (Wildman–Crippen LogP) is 18.1. The minimum atomic E-state index is -0.515. The average Bonchev–Trinajstić information content (AvgIpc) is 3.71. The van der Waals surface area contributed by atoms with Crippen LogP contribution in [0.5, 0.6) is 0 Å². The summed E-state index contributed by atoms with van der Waals surface area (Å²) < 4.78 is 0. The summed E-state index contributed by atoms with van der Waals surface area (Å²) in [6, 6.07) is 80.8. The molecule has 0 aliphatic heterocycles. The first-order valence-corrected chi connectivity index (χ1v) is 24.7. The number of benzene rings is 9. The zero-order valence-corrected chi connectivity index (χ0v) is 37.9. The van der Waals surface area contributed by atoms with Gasteiger partial charge in [-0.05, 0) is 140 Å². The molecular formula is C65H57N. The Morgan fingerprint density at radius 1 is 0.379 bits per heavy atom. The van der Waals surface area contributed by atoms with Crippen molar-refractivity contribution in [2.24, 2.45) is 0 Å². The van der Waals surface area contributed by atoms with E-state index in [9.17, 15) is 0 Å². The summed E-state index contributed by atoms with van der Waals surface area (Å²) in [5.41, 5.74) is 19.0. The van der Waals surface area contributed by atoms with Crippen LogP contribution in [0.4, 0.5) is 17.1 Å². The lowest BCUT2D eigenvalue weighted by Crippen LogP contribution is -2.29. The molecule has 2 saturated carbocycles. The molecule has 12 rings (SSSR count). The summed E-state index contributed by atoms with van der Waals surface area (Å²) in [4.78, 5) is 2.54. The van der Waals surface area contributed by atoms with E-state index in [-0.39, 0.29) is 0 Å². The van der Waals surface area contributed by atoms with Crippen molar-refractivity contribution < 1.29 is 0 Å². The summed E-state index contributed by atoms with van der Waals surface area (Å²) >= 11 is 0. The highest BCUT2D eigenvalue weighted by molar-refractivity contribution is 6.05. The summed E-state index contributed by atoms with van der Waals surface area (Å²) in [6.45, 7) is 0. The maximum atomic E-state index is 2.56. The Kier molecular flexibility index (Phi) is 10.7. The lowest BCUT2D eigenvalue weighted by Gasteiger charge is -2.35. The lowest BCUT2D eigenvalue weighted by atomic mass is 9.67. The topological polar surface area (TPSA) is 3.24 Å². The molecule has 0 N–H and O–H groups in total. The SMILES string of the molecule is c1ccc(-c2c(N(c3ccc(-c4ccc(C5CCCCC5)cc4)cc3)c3ccc4c(c3)C(c3ccccc3)(c3ccccc3)c3cccc(C5CCCCC5)c3-4)ccc3ccccc23)cc1. The van der Waals surface area contributed by atoms with Crippen molar-refractivity contribution >= 4 is 27.8 Å². The maximum absolute atomic E-state index is 2.56. The molecule has 1 nitrogen and oxygen atoms in total. The molecule has 3 aliphatic rings. The van der Waals surface area contributed by atoms with Crippen LogP contribution in [-0.2, 0) is 5.41 Å². The predicted molar refractivity (Wildman–Crippen MR) is 278 cm³/mol. The first-order valence-electron chi connectivity index (χ1n) is 24.7. The van der Waals surface area contributed by atoms with E-state index >= 15 is 0 Å². The van der Waals surface area contributed by atoms with Gasteiger partial charge < -0.3 is 4.90 Å². The van der Waals surface area contributed by atoms with Crippen LogP contribution in [-0.4, -0.2) is 0 Å². The molecule has 0 radical (unpaired) electrons. The Bertz CT molecular complexity index is 3080. The van der Waals surface area contributed by atoms with Gasteiger partial charge in [0.2, 0.25) is 0 Å². The quantitative estimate of drug-likeness (QED) is 0.140. The highest BCUT2D eigenvalue weighted by Gasteiger charge is 2.47. The van der Waals surface area contributed by atoms with Crippen LogP contribution in [0.25, 0.3) is 44.2 Å². The minimum Gasteiger partial charge on any atom is -0.310 e. The highest BCUT2D eigenvalue weighted by Crippen LogP contribution is 2.60. The van der Waals surface area contributed by atoms with Gasteiger partial charge >= 0.3 is 0 Å². The first-order chi connectivity index (χ1) is 32.8. The van der Waals surface area contributed by atoms with Crippen LogP contribution >= 0.6 is 0 Å². The number of fused-ring (bicyclic) bond motifs is 4. The second-order valence-corrected chi connectivity index (χ2v) is 19.2. The minimum absolute atomic E-state index is 0.515. The highest BCUT2D eigenvalue weighted by atomic mass is 15.1. The van der Waals surface area contributed by atoms with Gasteiger partial charge in [0.15, 0.2) is 0 Å². The lowest BCUT2D eigenvalue weighted by molar-refractivity contribution is 0.443. The number of rotatable bonds is 9. The van der Waals surface area contributed by atoms with Crippen molar-refractivity contribution in [3.05, 3.63) is 246 Å². The third kappa shape index (κ3) is 6.99. The fourth-order valence-electron chi connectivity index (χ4n) is 12.4. The van der Waals surface area contributed by atoms with Crippen LogP contribution < -0.4 is 4.90 Å². The molecule has 2 fully saturated rings. The van der Waals surface area contributed by atoms with Gasteiger partial charge in [0.25, 0.3) is 0 Å². The van der Waals surface area contributed by atoms with E-state index in [1.807, 2.05) is 0 Å². The number of nitrogens with zero attached hydrogens (tertiary/aromatic N) is 1. The molecule has 0 unspecified atom stereocenters. The van der Waals surface area contributed by atoms with Gasteiger partial charge in [0, 0.05) is 16.9 Å². The molecule has 3 aliphatic carbocycles. The summed E-state index contributed by atoms with van der Waals surface area (Å²) in [7, 11) is 0. The van der Waals surface area contributed by atoms with Crippen LogP contribution in [0.3, 0.4) is 0 Å². The van der Waals surface area contributed by atoms with Crippen LogP contribution in [0.15, 0.2) is 212 Å². The molecule has 9 aromatic rings. The standard InChI is InChI=1S/C65H57N/c1-6-19-46(20-7-1)47-33-35-48(36-34-47)49-37-40-55(41-38-49)66(62-44-39-51-23-16-17-30-57(51)63(62)52-24-10-3-11-25-52)56-42-43-59-61(45-56)65(53-26-12-4-13-27-53,54-28-14-5-15-29-54)60-32-18-31-58(64(59)60)50-21-8-2-9-22-50/h3-5,10-18,23-46,50H,1-2,6-9,19-22H2. The fraction of sp³-hybridized carbons (Fsp3) is 0.200. The van der Waals surface area contributed by atoms with Gasteiger partial charge in [-0.1, -0.05) is 221 Å². The Morgan fingerprint density at radius 2 is 0.955 bits per heavy atom. The number of hydrogen-bond donors (Lipinski definition) is 0. The van der Waals surface area contributed by atoms with Crippen molar-refractivity contribution in [2.45, 2.75) is 81.5 Å². The van der Waals surface area contributed by atoms with Crippen molar-refractivity contribution in [2.75, 3.05) is 4.90 Å². The van der Waals surface area contributed by atoms with Crippen LogP contribution in [0.2, 0.25) is 0 Å². The maximum Gasteiger partial charge on any atom is 0.0714 e. The van der Waals surface area contributed by atoms with E-state index in [1.54, 1.807) is 0 Å². The Hall–Kier alpha value is -6.96. The average molecular weight is 852 g/mol. The molecule has 9 aromatic carbocycles. The molecule has 0 bridgehead atoms. The zero-order valence-electron chi connectivity index (χ0n) is 37.9. The van der Waals surface area contributed by atoms with E-state index in [0.29, 0.717) is 11.8 Å². The summed E-state index contributed by atoms with van der Waals surface area (Å²) in [5, 5.41) is 2.48. The second-order valence-electron chi connectivity index (χ2n) is 19.2. The van der Waals surface area contributed by atoms with Gasteiger partial charge in [0.05, 0.1) is 11.1 Å². The Labute approximate surface area is 391 Å². The largest absolute Gasteiger partial charge is 0.310 e. The third-order valence-electron chi connectivity index (χ3n) is 15.6. The van der Waals surface area contributed by atoms with Crippen molar-refractivity contribution in [3.8, 4) is 33.4 Å². The normalized spacial score (nSPS) is 15.9. The molecule has 322 valence electrons. The first kappa shape index (κ1) is 40.5. The summed E-state index contributed by atoms with van der Waals surface area (Å²) in [5.74, 6) is 1.26. The van der Waals surface area contributed by atoms with E-state index < -0.39 is 5.41 Å². The molecule has 0 aromatic heterocycles. The van der Waals surface area contributed by atoms with Crippen molar-refractivity contribution in [3.63, 3.8) is 0 Å². The van der Waals surface area contributed by atoms with Crippen molar-refractivity contribution in [1.82, 2.24) is 0 Å². The molecule has 0 amide bonds. The van der Waals surface area contributed by atoms with Crippen LogP contribution in [0, 0.1) is 0 Å². The van der Waals surface area contributed by atoms with E-state index in [4.69, 9.17) is 0 Å². The fourth-order valence-corrected chi connectivity index (χ4v) is 12.4. The van der Waals surface area contributed by atoms with E-state index in [1.165, 1.54) is 142 Å². The number of hydrogen-bond acceptors (Lipinski definition) is 1. The smallest absolute Gasteiger partial charge is 0.0714 e. The van der Waals surface area contributed by atoms with Gasteiger partial charge in [-0.2, -0.15) is 0 Å². The molecule has 66 heavy (non-hydrogen) atoms. The molecule has 0 spiro atoms. The zero-order chi connectivity index (χ0) is 43.9. The molecule has 0 heterocycles. The Balaban J connectivity index is 1.09.